The SMILES string of the molecule is CC=C(C)Cc1cccc2[nH]c(O)c(N=Nc3ccc(S(N)(=O)=O)cc3)c12. The van der Waals surface area contributed by atoms with Crippen molar-refractivity contribution in [3.63, 3.8) is 0 Å². The molecule has 0 bridgehead atoms. The minimum absolute atomic E-state index is 0.000468. The molecule has 0 aliphatic rings. The number of sulfonamides is 1. The van der Waals surface area contributed by atoms with Gasteiger partial charge >= 0.3 is 0 Å². The molecular weight excluding hydrogens is 364 g/mol. The first-order valence-corrected chi connectivity index (χ1v) is 9.83. The van der Waals surface area contributed by atoms with Crippen LogP contribution in [0.2, 0.25) is 0 Å². The first-order valence-electron chi connectivity index (χ1n) is 8.28. The van der Waals surface area contributed by atoms with Gasteiger partial charge in [-0.3, -0.25) is 0 Å². The van der Waals surface area contributed by atoms with Gasteiger partial charge in [-0.15, -0.1) is 5.11 Å². The highest BCUT2D eigenvalue weighted by Crippen LogP contribution is 2.39. The Kier molecular flexibility index (Phi) is 5.11. The van der Waals surface area contributed by atoms with E-state index in [-0.39, 0.29) is 10.8 Å². The molecule has 7 nitrogen and oxygen atoms in total. The number of primary sulfonamides is 1. The van der Waals surface area contributed by atoms with Crippen LogP contribution in [0.25, 0.3) is 10.9 Å². The second-order valence-corrected chi connectivity index (χ2v) is 7.77. The van der Waals surface area contributed by atoms with E-state index in [0.717, 1.165) is 22.9 Å². The van der Waals surface area contributed by atoms with Gasteiger partial charge in [0.15, 0.2) is 5.69 Å². The summed E-state index contributed by atoms with van der Waals surface area (Å²) in [5.74, 6) is -0.0690. The lowest BCUT2D eigenvalue weighted by molar-refractivity contribution is 0.459. The summed E-state index contributed by atoms with van der Waals surface area (Å²) in [6.07, 6.45) is 2.77. The molecule has 0 unspecified atom stereocenters. The van der Waals surface area contributed by atoms with Crippen molar-refractivity contribution in [2.24, 2.45) is 15.4 Å². The summed E-state index contributed by atoms with van der Waals surface area (Å²) in [6, 6.07) is 11.5. The smallest absolute Gasteiger partial charge is 0.238 e. The van der Waals surface area contributed by atoms with Crippen molar-refractivity contribution in [1.29, 1.82) is 0 Å². The van der Waals surface area contributed by atoms with E-state index in [2.05, 4.69) is 15.2 Å². The van der Waals surface area contributed by atoms with Crippen molar-refractivity contribution in [3.8, 4) is 5.88 Å². The van der Waals surface area contributed by atoms with Gasteiger partial charge in [-0.05, 0) is 56.2 Å². The average molecular weight is 384 g/mol. The van der Waals surface area contributed by atoms with Gasteiger partial charge in [0, 0.05) is 5.39 Å². The summed E-state index contributed by atoms with van der Waals surface area (Å²) >= 11 is 0. The fourth-order valence-electron chi connectivity index (χ4n) is 2.75. The van der Waals surface area contributed by atoms with Gasteiger partial charge < -0.3 is 10.1 Å². The highest BCUT2D eigenvalue weighted by molar-refractivity contribution is 7.89. The quantitative estimate of drug-likeness (QED) is 0.445. The van der Waals surface area contributed by atoms with Gasteiger partial charge in [0.2, 0.25) is 15.9 Å². The Balaban J connectivity index is 2.01. The van der Waals surface area contributed by atoms with E-state index in [1.165, 1.54) is 29.8 Å². The van der Waals surface area contributed by atoms with Crippen LogP contribution in [0.4, 0.5) is 11.4 Å². The number of benzene rings is 2. The molecule has 4 N–H and O–H groups in total. The number of hydrogen-bond acceptors (Lipinski definition) is 5. The molecule has 27 heavy (non-hydrogen) atoms. The lowest BCUT2D eigenvalue weighted by atomic mass is 10.0. The molecule has 0 aliphatic carbocycles. The zero-order chi connectivity index (χ0) is 19.6. The van der Waals surface area contributed by atoms with Crippen LogP contribution in [0.3, 0.4) is 0 Å². The normalized spacial score (nSPS) is 12.9. The molecule has 0 aliphatic heterocycles. The number of aromatic nitrogens is 1. The average Bonchev–Trinajstić information content (AvgIpc) is 2.95. The van der Waals surface area contributed by atoms with Crippen molar-refractivity contribution in [2.45, 2.75) is 25.2 Å². The first-order chi connectivity index (χ1) is 12.8. The molecule has 0 spiro atoms. The standard InChI is InChI=1S/C19H20N4O3S/c1-3-12(2)11-13-5-4-6-16-17(13)18(19(24)21-16)23-22-14-7-9-15(10-8-14)27(20,25)26/h3-10,21,24H,11H2,1-2H3,(H2,20,25,26). The monoisotopic (exact) mass is 384 g/mol. The fourth-order valence-corrected chi connectivity index (χ4v) is 3.26. The number of nitrogens with two attached hydrogens (primary N) is 1. The van der Waals surface area contributed by atoms with Gasteiger partial charge in [0.25, 0.3) is 0 Å². The maximum absolute atomic E-state index is 11.3. The summed E-state index contributed by atoms with van der Waals surface area (Å²) in [5, 5.41) is 24.5. The van der Waals surface area contributed by atoms with Crippen LogP contribution in [0.5, 0.6) is 5.88 Å². The second kappa shape index (κ2) is 7.34. The molecule has 0 saturated heterocycles. The van der Waals surface area contributed by atoms with Crippen molar-refractivity contribution in [1.82, 2.24) is 4.98 Å². The molecule has 0 saturated carbocycles. The van der Waals surface area contributed by atoms with Crippen LogP contribution < -0.4 is 5.14 Å². The third kappa shape index (κ3) is 4.07. The van der Waals surface area contributed by atoms with Gasteiger partial charge in [-0.1, -0.05) is 23.8 Å². The van der Waals surface area contributed by atoms with E-state index in [1.54, 1.807) is 0 Å². The van der Waals surface area contributed by atoms with E-state index in [0.29, 0.717) is 11.4 Å². The van der Waals surface area contributed by atoms with Crippen LogP contribution in [0.15, 0.2) is 69.2 Å². The second-order valence-electron chi connectivity index (χ2n) is 6.21. The number of H-pyrrole nitrogens is 1. The third-order valence-corrected chi connectivity index (χ3v) is 5.19. The molecule has 0 fully saturated rings. The van der Waals surface area contributed by atoms with Crippen molar-refractivity contribution in [2.75, 3.05) is 0 Å². The Hall–Kier alpha value is -2.97. The van der Waals surface area contributed by atoms with Gasteiger partial charge in [-0.25, -0.2) is 13.6 Å². The van der Waals surface area contributed by atoms with Crippen molar-refractivity contribution < 1.29 is 13.5 Å². The Morgan fingerprint density at radius 2 is 1.89 bits per heavy atom. The molecule has 140 valence electrons. The first kappa shape index (κ1) is 18.8. The zero-order valence-electron chi connectivity index (χ0n) is 15.0. The van der Waals surface area contributed by atoms with Gasteiger partial charge in [0.1, 0.15) is 0 Å². The van der Waals surface area contributed by atoms with E-state index < -0.39 is 10.0 Å². The summed E-state index contributed by atoms with van der Waals surface area (Å²) in [6.45, 7) is 4.02. The Labute approximate surface area is 157 Å². The van der Waals surface area contributed by atoms with E-state index in [9.17, 15) is 13.5 Å². The summed E-state index contributed by atoms with van der Waals surface area (Å²) in [4.78, 5) is 2.91. The predicted molar refractivity (Wildman–Crippen MR) is 105 cm³/mol. The van der Waals surface area contributed by atoms with Crippen LogP contribution in [-0.2, 0) is 16.4 Å². The molecule has 3 rings (SSSR count). The number of nitrogens with one attached hydrogen (secondary N) is 1. The lowest BCUT2D eigenvalue weighted by Gasteiger charge is -2.04. The predicted octanol–water partition coefficient (Wildman–Crippen LogP) is 4.45. The third-order valence-electron chi connectivity index (χ3n) is 4.26. The minimum atomic E-state index is -3.76. The molecule has 2 aromatic carbocycles. The number of aromatic hydroxyl groups is 1. The Bertz CT molecular complexity index is 1140. The Morgan fingerprint density at radius 1 is 1.19 bits per heavy atom. The number of rotatable bonds is 5. The molecular formula is C19H20N4O3S. The van der Waals surface area contributed by atoms with Crippen LogP contribution in [0, 0.1) is 0 Å². The maximum atomic E-state index is 11.3. The summed E-state index contributed by atoms with van der Waals surface area (Å²) < 4.78 is 22.6. The van der Waals surface area contributed by atoms with Crippen LogP contribution in [0.1, 0.15) is 19.4 Å². The lowest BCUT2D eigenvalue weighted by Crippen LogP contribution is -2.11. The number of hydrogen-bond donors (Lipinski definition) is 3. The highest BCUT2D eigenvalue weighted by Gasteiger charge is 2.14. The van der Waals surface area contributed by atoms with Crippen LogP contribution >= 0.6 is 0 Å². The van der Waals surface area contributed by atoms with E-state index >= 15 is 0 Å². The molecule has 1 heterocycles. The fraction of sp³-hybridized carbons (Fsp3) is 0.158. The number of fused-ring (bicyclic) bond motifs is 1. The molecule has 0 amide bonds. The van der Waals surface area contributed by atoms with E-state index in [1.807, 2.05) is 38.1 Å². The minimum Gasteiger partial charge on any atom is -0.493 e. The van der Waals surface area contributed by atoms with E-state index in [4.69, 9.17) is 5.14 Å². The topological polar surface area (TPSA) is 121 Å². The molecule has 0 atom stereocenters. The number of azo groups is 1. The summed E-state index contributed by atoms with van der Waals surface area (Å²) in [5.41, 5.74) is 3.79. The van der Waals surface area contributed by atoms with Gasteiger partial charge in [-0.2, -0.15) is 5.11 Å². The zero-order valence-corrected chi connectivity index (χ0v) is 15.8. The molecule has 8 heteroatoms. The van der Waals surface area contributed by atoms with Crippen LogP contribution in [-0.4, -0.2) is 18.5 Å². The maximum Gasteiger partial charge on any atom is 0.238 e. The Morgan fingerprint density at radius 3 is 2.52 bits per heavy atom. The summed E-state index contributed by atoms with van der Waals surface area (Å²) in [7, 11) is -3.76. The highest BCUT2D eigenvalue weighted by atomic mass is 32.2. The van der Waals surface area contributed by atoms with Gasteiger partial charge in [0.05, 0.1) is 16.1 Å². The number of allylic oxidation sites excluding steroid dienone is 2. The van der Waals surface area contributed by atoms with Crippen molar-refractivity contribution >= 4 is 32.3 Å². The number of nitrogens with zero attached hydrogens (tertiary/aromatic N) is 2. The largest absolute Gasteiger partial charge is 0.493 e. The number of aromatic amines is 1. The van der Waals surface area contributed by atoms with Crippen molar-refractivity contribution in [3.05, 3.63) is 59.7 Å². The molecule has 3 aromatic rings. The molecule has 1 aromatic heterocycles. The molecule has 0 radical (unpaired) electrons.